The number of aromatic amines is 1. The van der Waals surface area contributed by atoms with Gasteiger partial charge in [0.25, 0.3) is 15.9 Å². The molecule has 0 bridgehead atoms. The van der Waals surface area contributed by atoms with Crippen molar-refractivity contribution in [3.05, 3.63) is 94.6 Å². The van der Waals surface area contributed by atoms with Gasteiger partial charge in [0, 0.05) is 29.6 Å². The van der Waals surface area contributed by atoms with Gasteiger partial charge in [0.05, 0.1) is 17.2 Å². The van der Waals surface area contributed by atoms with Gasteiger partial charge in [-0.25, -0.2) is 8.42 Å². The molecule has 3 N–H and O–H groups in total. The number of aliphatic hydroxyl groups is 1. The Kier molecular flexibility index (Phi) is 8.18. The number of fused-ring (bicyclic) bond motifs is 1. The Labute approximate surface area is 231 Å². The first-order valence-corrected chi connectivity index (χ1v) is 14.6. The van der Waals surface area contributed by atoms with Gasteiger partial charge in [0.2, 0.25) is 0 Å². The Morgan fingerprint density at radius 2 is 1.87 bits per heavy atom. The van der Waals surface area contributed by atoms with Crippen LogP contribution in [-0.2, 0) is 10.0 Å². The molecule has 0 radical (unpaired) electrons. The Morgan fingerprint density at radius 3 is 2.59 bits per heavy atom. The lowest BCUT2D eigenvalue weighted by Gasteiger charge is -2.21. The summed E-state index contributed by atoms with van der Waals surface area (Å²) in [4.78, 5) is 16.7. The summed E-state index contributed by atoms with van der Waals surface area (Å²) in [5, 5.41) is 13.0. The zero-order valence-electron chi connectivity index (χ0n) is 23.2. The van der Waals surface area contributed by atoms with Crippen LogP contribution in [0.1, 0.15) is 56.6 Å². The average molecular weight is 548 g/mol. The summed E-state index contributed by atoms with van der Waals surface area (Å²) < 4.78 is 28.7. The molecule has 2 aliphatic carbocycles. The molecule has 0 spiro atoms. The number of aromatic nitrogens is 1. The van der Waals surface area contributed by atoms with E-state index in [1.165, 1.54) is 4.31 Å². The van der Waals surface area contributed by atoms with Crippen LogP contribution in [-0.4, -0.2) is 44.1 Å². The molecule has 1 unspecified atom stereocenters. The zero-order chi connectivity index (χ0) is 28.4. The van der Waals surface area contributed by atoms with Gasteiger partial charge in [-0.15, -0.1) is 0 Å². The summed E-state index contributed by atoms with van der Waals surface area (Å²) in [6.07, 6.45) is 18.4. The summed E-state index contributed by atoms with van der Waals surface area (Å²) in [6, 6.07) is 4.91. The molecular formula is C31H37N3O4S. The molecule has 1 atom stereocenters. The molecule has 2 aliphatic rings. The number of hydrogen-bond acceptors (Lipinski definition) is 4. The number of amides is 1. The van der Waals surface area contributed by atoms with Gasteiger partial charge in [0.15, 0.2) is 0 Å². The van der Waals surface area contributed by atoms with Gasteiger partial charge in [0.1, 0.15) is 5.69 Å². The first-order valence-electron chi connectivity index (χ1n) is 13.1. The van der Waals surface area contributed by atoms with Gasteiger partial charge in [-0.2, -0.15) is 0 Å². The standard InChI is InChI=1S/C31H37N3O4S/c1-21(20-35)32-30(36)29-28(22-11-8-6-7-9-12-22)26-19-24(16-18-27(26)33-29)34(5)39(37,38)25-14-10-13-23(15-17-25)31(2,3)4/h6-8,11-19,21,33,35H,9-10,20H2,1-5H3,(H,32,36). The number of rotatable bonds is 7. The van der Waals surface area contributed by atoms with Crippen LogP contribution in [0.25, 0.3) is 16.5 Å². The second-order valence-corrected chi connectivity index (χ2v) is 12.9. The molecule has 1 aromatic heterocycles. The maximum atomic E-state index is 13.7. The number of anilines is 1. The van der Waals surface area contributed by atoms with Crippen molar-refractivity contribution in [1.82, 2.24) is 10.3 Å². The van der Waals surface area contributed by atoms with Crippen molar-refractivity contribution in [2.75, 3.05) is 18.0 Å². The molecule has 0 aliphatic heterocycles. The third kappa shape index (κ3) is 6.02. The third-order valence-corrected chi connectivity index (χ3v) is 8.75. The van der Waals surface area contributed by atoms with Crippen molar-refractivity contribution in [3.63, 3.8) is 0 Å². The normalized spacial score (nSPS) is 16.7. The van der Waals surface area contributed by atoms with E-state index in [-0.39, 0.29) is 22.8 Å². The number of carbonyl (C=O) groups is 1. The summed E-state index contributed by atoms with van der Waals surface area (Å²) in [5.74, 6) is -0.340. The number of sulfonamides is 1. The Morgan fingerprint density at radius 1 is 1.10 bits per heavy atom. The molecule has 206 valence electrons. The van der Waals surface area contributed by atoms with E-state index in [9.17, 15) is 18.3 Å². The summed E-state index contributed by atoms with van der Waals surface area (Å²) in [7, 11) is -2.28. The highest BCUT2D eigenvalue weighted by Crippen LogP contribution is 2.35. The van der Waals surface area contributed by atoms with Gasteiger partial charge in [-0.3, -0.25) is 9.10 Å². The van der Waals surface area contributed by atoms with E-state index in [1.807, 2.05) is 36.5 Å². The minimum absolute atomic E-state index is 0.0825. The SMILES string of the molecule is CC(CO)NC(=O)c1[nH]c2ccc(N(C)S(=O)(=O)C3=CCC=C(C(C)(C)C)C=C3)cc2c1C1=CCC=CC=C1. The lowest BCUT2D eigenvalue weighted by Crippen LogP contribution is -2.35. The van der Waals surface area contributed by atoms with Crippen LogP contribution in [0.15, 0.2) is 83.4 Å². The second-order valence-electron chi connectivity index (χ2n) is 10.9. The van der Waals surface area contributed by atoms with E-state index in [2.05, 4.69) is 37.1 Å². The van der Waals surface area contributed by atoms with Crippen LogP contribution < -0.4 is 9.62 Å². The molecule has 39 heavy (non-hydrogen) atoms. The topological polar surface area (TPSA) is 102 Å². The van der Waals surface area contributed by atoms with Crippen LogP contribution in [0.2, 0.25) is 0 Å². The maximum absolute atomic E-state index is 13.7. The summed E-state index contributed by atoms with van der Waals surface area (Å²) in [5.41, 5.74) is 4.10. The minimum atomic E-state index is -3.83. The number of allylic oxidation sites excluding steroid dienone is 11. The van der Waals surface area contributed by atoms with Crippen molar-refractivity contribution >= 4 is 38.1 Å². The van der Waals surface area contributed by atoms with E-state index in [4.69, 9.17) is 0 Å². The van der Waals surface area contributed by atoms with E-state index in [1.54, 1.807) is 44.3 Å². The Bertz CT molecular complexity index is 1560. The van der Waals surface area contributed by atoms with Crippen molar-refractivity contribution in [3.8, 4) is 0 Å². The number of benzene rings is 1. The smallest absolute Gasteiger partial charge is 0.268 e. The van der Waals surface area contributed by atoms with Crippen LogP contribution >= 0.6 is 0 Å². The van der Waals surface area contributed by atoms with E-state index in [0.717, 1.165) is 16.5 Å². The van der Waals surface area contributed by atoms with Gasteiger partial charge >= 0.3 is 0 Å². The maximum Gasteiger partial charge on any atom is 0.268 e. The lowest BCUT2D eigenvalue weighted by atomic mass is 9.86. The summed E-state index contributed by atoms with van der Waals surface area (Å²) >= 11 is 0. The number of aliphatic hydroxyl groups excluding tert-OH is 1. The molecule has 1 amide bonds. The first-order chi connectivity index (χ1) is 18.4. The van der Waals surface area contributed by atoms with E-state index in [0.29, 0.717) is 35.3 Å². The molecule has 1 heterocycles. The van der Waals surface area contributed by atoms with Crippen molar-refractivity contribution in [2.45, 2.75) is 46.6 Å². The van der Waals surface area contributed by atoms with Crippen LogP contribution in [0.4, 0.5) is 5.69 Å². The van der Waals surface area contributed by atoms with E-state index >= 15 is 0 Å². The van der Waals surface area contributed by atoms with Crippen molar-refractivity contribution < 1.29 is 18.3 Å². The first kappa shape index (κ1) is 28.4. The molecule has 1 aromatic carbocycles. The molecule has 0 saturated carbocycles. The largest absolute Gasteiger partial charge is 0.394 e. The average Bonchev–Trinajstić information content (AvgIpc) is 3.09. The summed E-state index contributed by atoms with van der Waals surface area (Å²) in [6.45, 7) is 7.85. The molecule has 0 saturated heterocycles. The van der Waals surface area contributed by atoms with Crippen molar-refractivity contribution in [1.29, 1.82) is 0 Å². The fraction of sp³-hybridized carbons (Fsp3) is 0.323. The molecule has 8 heteroatoms. The number of hydrogen-bond donors (Lipinski definition) is 3. The molecule has 4 rings (SSSR count). The predicted molar refractivity (Wildman–Crippen MR) is 160 cm³/mol. The molecule has 0 fully saturated rings. The van der Waals surface area contributed by atoms with Crippen molar-refractivity contribution in [2.24, 2.45) is 5.41 Å². The van der Waals surface area contributed by atoms with Crippen LogP contribution in [0.3, 0.4) is 0 Å². The number of nitrogens with zero attached hydrogens (tertiary/aromatic N) is 1. The van der Waals surface area contributed by atoms with Gasteiger partial charge in [-0.1, -0.05) is 69.4 Å². The monoisotopic (exact) mass is 547 g/mol. The Balaban J connectivity index is 1.77. The number of H-pyrrole nitrogens is 1. The lowest BCUT2D eigenvalue weighted by molar-refractivity contribution is 0.0918. The second kappa shape index (κ2) is 11.2. The zero-order valence-corrected chi connectivity index (χ0v) is 24.0. The van der Waals surface area contributed by atoms with Gasteiger partial charge in [-0.05, 0) is 60.6 Å². The van der Waals surface area contributed by atoms with Crippen LogP contribution in [0.5, 0.6) is 0 Å². The highest BCUT2D eigenvalue weighted by atomic mass is 32.2. The van der Waals surface area contributed by atoms with E-state index < -0.39 is 16.1 Å². The fourth-order valence-electron chi connectivity index (χ4n) is 4.61. The molecular weight excluding hydrogens is 510 g/mol. The molecule has 7 nitrogen and oxygen atoms in total. The third-order valence-electron chi connectivity index (χ3n) is 6.92. The van der Waals surface area contributed by atoms with Crippen LogP contribution in [0, 0.1) is 5.41 Å². The highest BCUT2D eigenvalue weighted by molar-refractivity contribution is 7.96. The predicted octanol–water partition coefficient (Wildman–Crippen LogP) is 5.76. The number of carbonyl (C=O) groups excluding carboxylic acids is 1. The quantitative estimate of drug-likeness (QED) is 0.410. The highest BCUT2D eigenvalue weighted by Gasteiger charge is 2.26. The fourth-order valence-corrected chi connectivity index (χ4v) is 5.86. The minimum Gasteiger partial charge on any atom is -0.394 e. The molecule has 2 aromatic rings. The number of nitrogens with one attached hydrogen (secondary N) is 2. The Hall–Kier alpha value is -3.62. The van der Waals surface area contributed by atoms with Gasteiger partial charge < -0.3 is 15.4 Å².